The molecule has 0 atom stereocenters. The molecular formula is C51H43N3. The Morgan fingerprint density at radius 3 is 0.926 bits per heavy atom. The van der Waals surface area contributed by atoms with Crippen LogP contribution in [0.1, 0.15) is 52.7 Å². The molecule has 3 heterocycles. The van der Waals surface area contributed by atoms with Gasteiger partial charge in [-0.2, -0.15) is 0 Å². The summed E-state index contributed by atoms with van der Waals surface area (Å²) in [5.74, 6) is 0. The summed E-state index contributed by atoms with van der Waals surface area (Å²) < 4.78 is 7.46. The van der Waals surface area contributed by atoms with Crippen molar-refractivity contribution in [2.75, 3.05) is 0 Å². The molecule has 1 aliphatic carbocycles. The van der Waals surface area contributed by atoms with Crippen molar-refractivity contribution in [3.05, 3.63) is 163 Å². The van der Waals surface area contributed by atoms with Crippen LogP contribution < -0.4 is 0 Å². The summed E-state index contributed by atoms with van der Waals surface area (Å²) in [7, 11) is 0. The van der Waals surface area contributed by atoms with Gasteiger partial charge in [-0.1, -0.05) is 133 Å². The molecule has 7 aromatic carbocycles. The average molecular weight is 698 g/mol. The van der Waals surface area contributed by atoms with Gasteiger partial charge in [-0.25, -0.2) is 0 Å². The fraction of sp³-hybridized carbons (Fsp3) is 0.176. The Bertz CT molecular complexity index is 2950. The monoisotopic (exact) mass is 697 g/mol. The fourth-order valence-electron chi connectivity index (χ4n) is 10.2. The summed E-state index contributed by atoms with van der Waals surface area (Å²) in [6, 6.07) is 56.6. The molecule has 0 saturated heterocycles. The van der Waals surface area contributed by atoms with Crippen LogP contribution in [0.5, 0.6) is 0 Å². The van der Waals surface area contributed by atoms with Gasteiger partial charge in [0, 0.05) is 32.3 Å². The molecule has 1 aliphatic rings. The quantitative estimate of drug-likeness (QED) is 0.175. The Morgan fingerprint density at radius 1 is 0.296 bits per heavy atom. The number of benzene rings is 7. The van der Waals surface area contributed by atoms with E-state index in [2.05, 4.69) is 207 Å². The van der Waals surface area contributed by atoms with Gasteiger partial charge in [0.15, 0.2) is 0 Å². The summed E-state index contributed by atoms with van der Waals surface area (Å²) in [5.41, 5.74) is 13.7. The topological polar surface area (TPSA) is 14.8 Å². The zero-order chi connectivity index (χ0) is 36.7. The van der Waals surface area contributed by atoms with Gasteiger partial charge in [0.05, 0.1) is 50.2 Å². The van der Waals surface area contributed by atoms with E-state index in [4.69, 9.17) is 0 Å². The largest absolute Gasteiger partial charge is 0.309 e. The van der Waals surface area contributed by atoms with E-state index in [-0.39, 0.29) is 16.2 Å². The Balaban J connectivity index is 1.30. The number of nitrogens with zero attached hydrogens (tertiary/aromatic N) is 3. The van der Waals surface area contributed by atoms with Crippen molar-refractivity contribution in [2.45, 2.75) is 52.4 Å². The SMILES string of the molecule is CC1(C)c2cc3c4ccccc4n(-c4cc(-n5c6ccccc6c6ccccc65)cc(-n5c6ccccc6c6ccccc65)c4)c3cc2C(C)(C)C1(C)C. The van der Waals surface area contributed by atoms with Crippen molar-refractivity contribution in [3.63, 3.8) is 0 Å². The van der Waals surface area contributed by atoms with Gasteiger partial charge >= 0.3 is 0 Å². The third-order valence-corrected chi connectivity index (χ3v) is 14.1. The number of aromatic nitrogens is 3. The van der Waals surface area contributed by atoms with Gasteiger partial charge in [-0.15, -0.1) is 0 Å². The van der Waals surface area contributed by atoms with Gasteiger partial charge in [-0.3, -0.25) is 0 Å². The van der Waals surface area contributed by atoms with E-state index < -0.39 is 0 Å². The van der Waals surface area contributed by atoms with Crippen molar-refractivity contribution in [1.82, 2.24) is 13.7 Å². The Kier molecular flexibility index (Phi) is 6.14. The smallest absolute Gasteiger partial charge is 0.0544 e. The first kappa shape index (κ1) is 31.5. The number of fused-ring (bicyclic) bond motifs is 10. The third-order valence-electron chi connectivity index (χ3n) is 14.1. The molecule has 0 unspecified atom stereocenters. The normalized spacial score (nSPS) is 16.0. The molecule has 0 fully saturated rings. The second-order valence-corrected chi connectivity index (χ2v) is 17.1. The van der Waals surface area contributed by atoms with Gasteiger partial charge in [0.2, 0.25) is 0 Å². The van der Waals surface area contributed by atoms with Gasteiger partial charge in [-0.05, 0) is 88.0 Å². The molecule has 54 heavy (non-hydrogen) atoms. The molecular weight excluding hydrogens is 655 g/mol. The number of hydrogen-bond acceptors (Lipinski definition) is 0. The first-order chi connectivity index (χ1) is 26.1. The highest BCUT2D eigenvalue weighted by Crippen LogP contribution is 2.62. The second kappa shape index (κ2) is 10.5. The molecule has 0 aliphatic heterocycles. The summed E-state index contributed by atoms with van der Waals surface area (Å²) in [5, 5.41) is 7.64. The molecule has 0 amide bonds. The highest BCUT2D eigenvalue weighted by molar-refractivity contribution is 6.12. The molecule has 11 rings (SSSR count). The first-order valence-corrected chi connectivity index (χ1v) is 19.3. The minimum atomic E-state index is -0.0136. The van der Waals surface area contributed by atoms with Crippen LogP contribution in [0, 0.1) is 5.41 Å². The van der Waals surface area contributed by atoms with E-state index >= 15 is 0 Å². The van der Waals surface area contributed by atoms with Crippen molar-refractivity contribution in [1.29, 1.82) is 0 Å². The number of para-hydroxylation sites is 5. The third kappa shape index (κ3) is 3.86. The van der Waals surface area contributed by atoms with Crippen LogP contribution in [-0.4, -0.2) is 13.7 Å². The average Bonchev–Trinajstić information content (AvgIpc) is 3.84. The highest BCUT2D eigenvalue weighted by atomic mass is 15.0. The fourth-order valence-corrected chi connectivity index (χ4v) is 10.2. The van der Waals surface area contributed by atoms with Crippen molar-refractivity contribution >= 4 is 65.4 Å². The maximum atomic E-state index is 2.54. The molecule has 0 N–H and O–H groups in total. The molecule has 0 saturated carbocycles. The lowest BCUT2D eigenvalue weighted by atomic mass is 9.59. The van der Waals surface area contributed by atoms with Gasteiger partial charge in [0.1, 0.15) is 0 Å². The van der Waals surface area contributed by atoms with E-state index in [9.17, 15) is 0 Å². The predicted molar refractivity (Wildman–Crippen MR) is 229 cm³/mol. The van der Waals surface area contributed by atoms with Crippen LogP contribution in [0.3, 0.4) is 0 Å². The summed E-state index contributed by atoms with van der Waals surface area (Å²) in [6.07, 6.45) is 0. The molecule has 0 bridgehead atoms. The summed E-state index contributed by atoms with van der Waals surface area (Å²) in [4.78, 5) is 0. The lowest BCUT2D eigenvalue weighted by molar-refractivity contribution is 0.125. The summed E-state index contributed by atoms with van der Waals surface area (Å²) in [6.45, 7) is 14.7. The molecule has 0 radical (unpaired) electrons. The minimum absolute atomic E-state index is 0.0136. The van der Waals surface area contributed by atoms with E-state index in [0.29, 0.717) is 0 Å². The van der Waals surface area contributed by atoms with Crippen LogP contribution in [0.4, 0.5) is 0 Å². The predicted octanol–water partition coefficient (Wildman–Crippen LogP) is 13.6. The first-order valence-electron chi connectivity index (χ1n) is 19.3. The van der Waals surface area contributed by atoms with Crippen molar-refractivity contribution in [3.8, 4) is 17.1 Å². The van der Waals surface area contributed by atoms with E-state index in [1.165, 1.54) is 76.5 Å². The lowest BCUT2D eigenvalue weighted by Crippen LogP contribution is -2.42. The van der Waals surface area contributed by atoms with Crippen molar-refractivity contribution in [2.24, 2.45) is 5.41 Å². The second-order valence-electron chi connectivity index (χ2n) is 17.1. The molecule has 3 nitrogen and oxygen atoms in total. The van der Waals surface area contributed by atoms with Gasteiger partial charge in [0.25, 0.3) is 0 Å². The number of hydrogen-bond donors (Lipinski definition) is 0. The van der Waals surface area contributed by atoms with Crippen LogP contribution >= 0.6 is 0 Å². The molecule has 3 aromatic heterocycles. The Hall–Kier alpha value is -6.06. The van der Waals surface area contributed by atoms with E-state index in [0.717, 1.165) is 17.1 Å². The van der Waals surface area contributed by atoms with Crippen LogP contribution in [-0.2, 0) is 10.8 Å². The molecule has 262 valence electrons. The highest BCUT2D eigenvalue weighted by Gasteiger charge is 2.57. The van der Waals surface area contributed by atoms with Crippen LogP contribution in [0.25, 0.3) is 82.5 Å². The maximum Gasteiger partial charge on any atom is 0.0544 e. The Labute approximate surface area is 315 Å². The zero-order valence-electron chi connectivity index (χ0n) is 31.8. The molecule has 10 aromatic rings. The molecule has 3 heteroatoms. The minimum Gasteiger partial charge on any atom is -0.309 e. The Morgan fingerprint density at radius 2 is 0.574 bits per heavy atom. The zero-order valence-corrected chi connectivity index (χ0v) is 31.8. The standard InChI is InChI=1S/C51H43N3/c1-49(2)41-30-40-39-21-11-16-26-47(39)54(48(40)31-42(41)50(3,4)51(49,5)6)34-28-32(52-43-22-12-7-17-35(43)36-18-8-13-23-44(36)52)27-33(29-34)53-45-24-14-9-19-37(45)38-20-10-15-25-46(38)53/h7-31H,1-6H3. The summed E-state index contributed by atoms with van der Waals surface area (Å²) >= 11 is 0. The van der Waals surface area contributed by atoms with Gasteiger partial charge < -0.3 is 13.7 Å². The van der Waals surface area contributed by atoms with Crippen LogP contribution in [0.15, 0.2) is 152 Å². The maximum absolute atomic E-state index is 2.54. The van der Waals surface area contributed by atoms with Crippen molar-refractivity contribution < 1.29 is 0 Å². The lowest BCUT2D eigenvalue weighted by Gasteiger charge is -2.44. The molecule has 0 spiro atoms. The number of rotatable bonds is 3. The van der Waals surface area contributed by atoms with E-state index in [1.54, 1.807) is 0 Å². The van der Waals surface area contributed by atoms with E-state index in [1.807, 2.05) is 0 Å². The van der Waals surface area contributed by atoms with Crippen LogP contribution in [0.2, 0.25) is 0 Å².